The highest BCUT2D eigenvalue weighted by atomic mass is 16.5. The highest BCUT2D eigenvalue weighted by Gasteiger charge is 2.27. The summed E-state index contributed by atoms with van der Waals surface area (Å²) in [6.45, 7) is 5.21. The van der Waals surface area contributed by atoms with E-state index in [2.05, 4.69) is 0 Å². The van der Waals surface area contributed by atoms with Gasteiger partial charge in [-0.2, -0.15) is 0 Å². The lowest BCUT2D eigenvalue weighted by atomic mass is 9.98. The van der Waals surface area contributed by atoms with Crippen molar-refractivity contribution in [2.75, 3.05) is 0 Å². The second kappa shape index (κ2) is 5.46. The van der Waals surface area contributed by atoms with Crippen LogP contribution in [0.15, 0.2) is 41.2 Å². The van der Waals surface area contributed by atoms with E-state index < -0.39 is 11.6 Å². The zero-order valence-corrected chi connectivity index (χ0v) is 15.1. The maximum atomic E-state index is 13.2. The summed E-state index contributed by atoms with van der Waals surface area (Å²) in [5.74, 6) is 0.335. The smallest absolute Gasteiger partial charge is 0.308 e. The molecule has 1 aliphatic heterocycles. The van der Waals surface area contributed by atoms with Crippen molar-refractivity contribution in [2.45, 2.75) is 26.4 Å². The zero-order valence-electron chi connectivity index (χ0n) is 15.1. The molecule has 26 heavy (non-hydrogen) atoms. The Hall–Kier alpha value is -3.08. The van der Waals surface area contributed by atoms with Crippen LogP contribution in [0.3, 0.4) is 0 Å². The summed E-state index contributed by atoms with van der Waals surface area (Å²) in [6, 6.07) is 9.04. The molecular weight excluding hydrogens is 330 g/mol. The van der Waals surface area contributed by atoms with E-state index in [1.54, 1.807) is 12.1 Å². The van der Waals surface area contributed by atoms with Gasteiger partial charge in [-0.1, -0.05) is 12.1 Å². The average molecular weight is 349 g/mol. The average Bonchev–Trinajstić information content (AvgIpc) is 2.57. The monoisotopic (exact) mass is 349 g/mol. The Kier molecular flexibility index (Phi) is 3.44. The van der Waals surface area contributed by atoms with Gasteiger partial charge in [-0.15, -0.1) is 0 Å². The molecule has 5 nitrogen and oxygen atoms in total. The molecule has 3 aromatic rings. The standard InChI is InChI=1S/C21H19NO4/c1-12(23)25-17-11-16-14(9-10-21(2,3)26-16)19-18(17)20(24)13-7-5-6-8-15(13)22(19)4/h5-11H,1-4H3. The number of nitrogens with zero attached hydrogens (tertiary/aromatic N) is 1. The Labute approximate surface area is 150 Å². The van der Waals surface area contributed by atoms with E-state index in [0.717, 1.165) is 11.1 Å². The van der Waals surface area contributed by atoms with E-state index in [0.29, 0.717) is 22.0 Å². The molecule has 2 aromatic carbocycles. The second-order valence-electron chi connectivity index (χ2n) is 7.05. The van der Waals surface area contributed by atoms with Gasteiger partial charge in [-0.25, -0.2) is 0 Å². The number of aromatic nitrogens is 1. The van der Waals surface area contributed by atoms with Gasteiger partial charge in [0.2, 0.25) is 5.43 Å². The van der Waals surface area contributed by atoms with Crippen molar-refractivity contribution in [2.24, 2.45) is 7.05 Å². The first kappa shape index (κ1) is 16.4. The summed E-state index contributed by atoms with van der Waals surface area (Å²) in [4.78, 5) is 24.8. The first-order valence-electron chi connectivity index (χ1n) is 8.43. The van der Waals surface area contributed by atoms with Crippen LogP contribution in [0.5, 0.6) is 11.5 Å². The van der Waals surface area contributed by atoms with Gasteiger partial charge >= 0.3 is 5.97 Å². The summed E-state index contributed by atoms with van der Waals surface area (Å²) in [5.41, 5.74) is 1.66. The van der Waals surface area contributed by atoms with E-state index in [-0.39, 0.29) is 11.2 Å². The van der Waals surface area contributed by atoms with Gasteiger partial charge in [-0.05, 0) is 38.1 Å². The van der Waals surface area contributed by atoms with Crippen molar-refractivity contribution in [1.82, 2.24) is 4.57 Å². The SMILES string of the molecule is CC(=O)Oc1cc2c(c3c1c(=O)c1ccccc1n3C)C=CC(C)(C)O2. The van der Waals surface area contributed by atoms with Crippen LogP contribution in [0.4, 0.5) is 0 Å². The fraction of sp³-hybridized carbons (Fsp3) is 0.238. The highest BCUT2D eigenvalue weighted by molar-refractivity contribution is 6.02. The van der Waals surface area contributed by atoms with Crippen LogP contribution < -0.4 is 14.9 Å². The number of ether oxygens (including phenoxy) is 2. The third kappa shape index (κ3) is 2.39. The van der Waals surface area contributed by atoms with Crippen molar-refractivity contribution < 1.29 is 14.3 Å². The molecule has 4 rings (SSSR count). The third-order valence-electron chi connectivity index (χ3n) is 4.62. The molecule has 0 saturated heterocycles. The Bertz CT molecular complexity index is 1170. The Morgan fingerprint density at radius 3 is 2.69 bits per heavy atom. The van der Waals surface area contributed by atoms with E-state index in [9.17, 15) is 9.59 Å². The molecule has 2 heterocycles. The molecule has 1 aromatic heterocycles. The van der Waals surface area contributed by atoms with Crippen molar-refractivity contribution in [3.8, 4) is 11.5 Å². The molecule has 0 saturated carbocycles. The minimum atomic E-state index is -0.482. The van der Waals surface area contributed by atoms with Crippen LogP contribution in [-0.4, -0.2) is 16.1 Å². The molecular formula is C21H19NO4. The van der Waals surface area contributed by atoms with Gasteiger partial charge in [-0.3, -0.25) is 9.59 Å². The number of benzene rings is 2. The molecule has 5 heteroatoms. The number of hydrogen-bond acceptors (Lipinski definition) is 4. The largest absolute Gasteiger partial charge is 0.483 e. The maximum Gasteiger partial charge on any atom is 0.308 e. The topological polar surface area (TPSA) is 57.5 Å². The molecule has 0 spiro atoms. The fourth-order valence-electron chi connectivity index (χ4n) is 3.50. The summed E-state index contributed by atoms with van der Waals surface area (Å²) < 4.78 is 13.4. The van der Waals surface area contributed by atoms with Crippen LogP contribution in [-0.2, 0) is 11.8 Å². The number of esters is 1. The molecule has 0 aliphatic carbocycles. The lowest BCUT2D eigenvalue weighted by Gasteiger charge is -2.29. The molecule has 0 fully saturated rings. The Balaban J connectivity index is 2.23. The first-order chi connectivity index (χ1) is 12.3. The number of pyridine rings is 1. The molecule has 132 valence electrons. The van der Waals surface area contributed by atoms with Crippen LogP contribution in [0.1, 0.15) is 26.3 Å². The van der Waals surface area contributed by atoms with Gasteiger partial charge in [0.05, 0.1) is 16.4 Å². The van der Waals surface area contributed by atoms with Crippen LogP contribution in [0, 0.1) is 0 Å². The van der Waals surface area contributed by atoms with E-state index >= 15 is 0 Å². The molecule has 0 bridgehead atoms. The minimum absolute atomic E-state index is 0.161. The number of carbonyl (C=O) groups excluding carboxylic acids is 1. The molecule has 0 atom stereocenters. The molecule has 0 N–H and O–H groups in total. The van der Waals surface area contributed by atoms with E-state index in [1.807, 2.05) is 55.8 Å². The molecule has 0 radical (unpaired) electrons. The Morgan fingerprint density at radius 1 is 1.23 bits per heavy atom. The van der Waals surface area contributed by atoms with Crippen molar-refractivity contribution >= 4 is 33.9 Å². The fourth-order valence-corrected chi connectivity index (χ4v) is 3.50. The quantitative estimate of drug-likeness (QED) is 0.381. The minimum Gasteiger partial charge on any atom is -0.483 e. The van der Waals surface area contributed by atoms with Crippen molar-refractivity contribution in [1.29, 1.82) is 0 Å². The number of para-hydroxylation sites is 1. The second-order valence-corrected chi connectivity index (χ2v) is 7.05. The Morgan fingerprint density at radius 2 is 1.96 bits per heavy atom. The van der Waals surface area contributed by atoms with Gasteiger partial charge in [0.15, 0.2) is 0 Å². The van der Waals surface area contributed by atoms with Crippen LogP contribution >= 0.6 is 0 Å². The van der Waals surface area contributed by atoms with E-state index in [4.69, 9.17) is 9.47 Å². The number of fused-ring (bicyclic) bond motifs is 4. The molecule has 1 aliphatic rings. The lowest BCUT2D eigenvalue weighted by Crippen LogP contribution is -2.28. The molecule has 0 amide bonds. The van der Waals surface area contributed by atoms with Crippen molar-refractivity contribution in [3.05, 3.63) is 52.2 Å². The first-order valence-corrected chi connectivity index (χ1v) is 8.43. The summed E-state index contributed by atoms with van der Waals surface area (Å²) in [6.07, 6.45) is 3.92. The zero-order chi connectivity index (χ0) is 18.6. The normalized spacial score (nSPS) is 14.9. The van der Waals surface area contributed by atoms with E-state index in [1.165, 1.54) is 6.92 Å². The van der Waals surface area contributed by atoms with Gasteiger partial charge in [0.25, 0.3) is 0 Å². The van der Waals surface area contributed by atoms with Gasteiger partial charge in [0.1, 0.15) is 17.1 Å². The highest BCUT2D eigenvalue weighted by Crippen LogP contribution is 2.40. The predicted molar refractivity (Wildman–Crippen MR) is 102 cm³/mol. The third-order valence-corrected chi connectivity index (χ3v) is 4.62. The molecule has 0 unspecified atom stereocenters. The van der Waals surface area contributed by atoms with Gasteiger partial charge in [0, 0.05) is 31.0 Å². The summed E-state index contributed by atoms with van der Waals surface area (Å²) in [5, 5.41) is 0.963. The summed E-state index contributed by atoms with van der Waals surface area (Å²) >= 11 is 0. The summed E-state index contributed by atoms with van der Waals surface area (Å²) in [7, 11) is 1.90. The van der Waals surface area contributed by atoms with Crippen molar-refractivity contribution in [3.63, 3.8) is 0 Å². The number of hydrogen-bond donors (Lipinski definition) is 0. The van der Waals surface area contributed by atoms with Crippen LogP contribution in [0.25, 0.3) is 27.9 Å². The number of aryl methyl sites for hydroxylation is 1. The maximum absolute atomic E-state index is 13.2. The predicted octanol–water partition coefficient (Wildman–Crippen LogP) is 3.80. The number of carbonyl (C=O) groups is 1. The lowest BCUT2D eigenvalue weighted by molar-refractivity contribution is -0.131. The van der Waals surface area contributed by atoms with Gasteiger partial charge < -0.3 is 14.0 Å². The number of rotatable bonds is 1. The van der Waals surface area contributed by atoms with Crippen LogP contribution in [0.2, 0.25) is 0 Å².